The van der Waals surface area contributed by atoms with Gasteiger partial charge in [0.1, 0.15) is 0 Å². The van der Waals surface area contributed by atoms with Crippen molar-refractivity contribution in [1.82, 2.24) is 14.6 Å². The molecule has 4 nitrogen and oxygen atoms in total. The van der Waals surface area contributed by atoms with Crippen molar-refractivity contribution in [2.24, 2.45) is 0 Å². The minimum atomic E-state index is 0.764. The van der Waals surface area contributed by atoms with E-state index >= 15 is 0 Å². The van der Waals surface area contributed by atoms with Gasteiger partial charge in [-0.05, 0) is 13.8 Å². The van der Waals surface area contributed by atoms with Crippen LogP contribution in [-0.4, -0.2) is 21.7 Å². The monoisotopic (exact) mass is 267 g/mol. The van der Waals surface area contributed by atoms with E-state index in [1.807, 2.05) is 61.5 Å². The van der Waals surface area contributed by atoms with Gasteiger partial charge in [0, 0.05) is 6.07 Å². The van der Waals surface area contributed by atoms with Crippen molar-refractivity contribution < 1.29 is 4.74 Å². The van der Waals surface area contributed by atoms with E-state index in [-0.39, 0.29) is 0 Å². The highest BCUT2D eigenvalue weighted by Gasteiger charge is 2.06. The topological polar surface area (TPSA) is 39.4 Å². The molecule has 0 aliphatic heterocycles. The minimum absolute atomic E-state index is 0.764. The maximum Gasteiger partial charge on any atom is 0.196 e. The van der Waals surface area contributed by atoms with Crippen LogP contribution in [0.4, 0.5) is 0 Å². The van der Waals surface area contributed by atoms with E-state index in [4.69, 9.17) is 4.74 Å². The molecule has 0 N–H and O–H groups in total. The summed E-state index contributed by atoms with van der Waals surface area (Å²) < 4.78 is 6.98. The number of hydrogen-bond acceptors (Lipinski definition) is 3. The second-order valence-corrected chi connectivity index (χ2v) is 2.99. The number of aromatic nitrogens is 3. The van der Waals surface area contributed by atoms with Gasteiger partial charge in [0.15, 0.2) is 11.4 Å². The summed E-state index contributed by atoms with van der Waals surface area (Å²) in [6.07, 6.45) is 1.78. The first-order chi connectivity index (χ1) is 9.22. The van der Waals surface area contributed by atoms with Gasteiger partial charge >= 0.3 is 0 Å². The van der Waals surface area contributed by atoms with Crippen molar-refractivity contribution in [2.45, 2.75) is 55.4 Å². The van der Waals surface area contributed by atoms with Gasteiger partial charge in [-0.15, -0.1) is 0 Å². The van der Waals surface area contributed by atoms with Crippen molar-refractivity contribution in [3.8, 4) is 5.75 Å². The summed E-state index contributed by atoms with van der Waals surface area (Å²) in [5.41, 5.74) is 2.70. The van der Waals surface area contributed by atoms with Gasteiger partial charge in [-0.25, -0.2) is 9.50 Å². The Bertz CT molecular complexity index is 450. The molecule has 0 aliphatic carbocycles. The Kier molecular flexibility index (Phi) is 12.0. The molecule has 2 aromatic heterocycles. The first-order valence-corrected chi connectivity index (χ1v) is 7.08. The maximum absolute atomic E-state index is 5.20. The first kappa shape index (κ1) is 19.8. The Hall–Kier alpha value is -1.58. The summed E-state index contributed by atoms with van der Waals surface area (Å²) in [5.74, 6) is 0.764. The number of aryl methyl sites for hydroxylation is 2. The first-order valence-electron chi connectivity index (χ1n) is 7.08. The SMILES string of the molecule is CC.CC.CC.COc1cc(C)nn2c(C)cnc12. The van der Waals surface area contributed by atoms with E-state index in [1.54, 1.807) is 17.8 Å². The van der Waals surface area contributed by atoms with Crippen molar-refractivity contribution in [2.75, 3.05) is 7.11 Å². The fraction of sp³-hybridized carbons (Fsp3) is 0.600. The molecule has 0 aromatic carbocycles. The van der Waals surface area contributed by atoms with Crippen LogP contribution in [0.2, 0.25) is 0 Å². The molecule has 19 heavy (non-hydrogen) atoms. The van der Waals surface area contributed by atoms with E-state index in [0.29, 0.717) is 0 Å². The Morgan fingerprint density at radius 3 is 2.00 bits per heavy atom. The second kappa shape index (κ2) is 11.5. The Morgan fingerprint density at radius 1 is 1.00 bits per heavy atom. The predicted molar refractivity (Wildman–Crippen MR) is 83.1 cm³/mol. The van der Waals surface area contributed by atoms with E-state index in [9.17, 15) is 0 Å². The molecular weight excluding hydrogens is 238 g/mol. The van der Waals surface area contributed by atoms with E-state index in [2.05, 4.69) is 10.1 Å². The highest BCUT2D eigenvalue weighted by molar-refractivity contribution is 5.53. The molecule has 0 unspecified atom stereocenters. The average Bonchev–Trinajstić information content (AvgIpc) is 2.86. The number of fused-ring (bicyclic) bond motifs is 1. The molecule has 0 fully saturated rings. The fourth-order valence-electron chi connectivity index (χ4n) is 1.32. The van der Waals surface area contributed by atoms with Gasteiger partial charge in [-0.2, -0.15) is 5.10 Å². The number of nitrogens with zero attached hydrogens (tertiary/aromatic N) is 3. The van der Waals surface area contributed by atoms with Crippen molar-refractivity contribution >= 4 is 5.65 Å². The van der Waals surface area contributed by atoms with Crippen LogP contribution in [0.1, 0.15) is 52.9 Å². The number of methoxy groups -OCH3 is 1. The molecule has 2 rings (SSSR count). The summed E-state index contributed by atoms with van der Waals surface area (Å²) in [4.78, 5) is 4.21. The standard InChI is InChI=1S/C9H11N3O.3C2H6/c1-6-4-8(13-3)9-10-5-7(2)12(9)11-6;3*1-2/h4-5H,1-3H3;3*1-2H3. The quantitative estimate of drug-likeness (QED) is 0.767. The van der Waals surface area contributed by atoms with Gasteiger partial charge in [0.05, 0.1) is 24.7 Å². The Labute approximate surface area is 117 Å². The van der Waals surface area contributed by atoms with Crippen LogP contribution in [0, 0.1) is 13.8 Å². The fourth-order valence-corrected chi connectivity index (χ4v) is 1.32. The summed E-state index contributed by atoms with van der Waals surface area (Å²) in [6, 6.07) is 1.88. The van der Waals surface area contributed by atoms with Crippen LogP contribution in [0.15, 0.2) is 12.3 Å². The van der Waals surface area contributed by atoms with Crippen LogP contribution in [0.3, 0.4) is 0 Å². The van der Waals surface area contributed by atoms with Gasteiger partial charge in [-0.1, -0.05) is 41.5 Å². The van der Waals surface area contributed by atoms with Crippen LogP contribution in [0.25, 0.3) is 5.65 Å². The third kappa shape index (κ3) is 5.28. The summed E-state index contributed by atoms with van der Waals surface area (Å²) in [6.45, 7) is 15.9. The Balaban J connectivity index is 0. The maximum atomic E-state index is 5.20. The third-order valence-corrected chi connectivity index (χ3v) is 1.95. The molecule has 0 atom stereocenters. The number of imidazole rings is 1. The molecule has 0 radical (unpaired) electrons. The number of rotatable bonds is 1. The predicted octanol–water partition coefficient (Wildman–Crippen LogP) is 4.43. The smallest absolute Gasteiger partial charge is 0.196 e. The summed E-state index contributed by atoms with van der Waals surface area (Å²) in [5, 5.41) is 4.32. The molecule has 0 spiro atoms. The van der Waals surface area contributed by atoms with Gasteiger partial charge in [0.2, 0.25) is 0 Å². The van der Waals surface area contributed by atoms with Gasteiger partial charge in [-0.3, -0.25) is 0 Å². The number of ether oxygens (including phenoxy) is 1. The summed E-state index contributed by atoms with van der Waals surface area (Å²) >= 11 is 0. The lowest BCUT2D eigenvalue weighted by Gasteiger charge is -2.03. The minimum Gasteiger partial charge on any atom is -0.493 e. The molecular formula is C15H29N3O. The molecule has 4 heteroatoms. The molecule has 0 saturated heterocycles. The van der Waals surface area contributed by atoms with E-state index in [0.717, 1.165) is 22.8 Å². The second-order valence-electron chi connectivity index (χ2n) is 2.99. The molecule has 110 valence electrons. The van der Waals surface area contributed by atoms with E-state index in [1.165, 1.54) is 0 Å². The van der Waals surface area contributed by atoms with Crippen LogP contribution < -0.4 is 4.74 Å². The molecule has 0 saturated carbocycles. The Morgan fingerprint density at radius 2 is 1.53 bits per heavy atom. The third-order valence-electron chi connectivity index (χ3n) is 1.95. The van der Waals surface area contributed by atoms with Gasteiger partial charge in [0.25, 0.3) is 0 Å². The molecule has 0 amide bonds. The number of hydrogen-bond donors (Lipinski definition) is 0. The summed E-state index contributed by atoms with van der Waals surface area (Å²) in [7, 11) is 1.64. The van der Waals surface area contributed by atoms with Crippen molar-refractivity contribution in [3.05, 3.63) is 23.7 Å². The van der Waals surface area contributed by atoms with Crippen molar-refractivity contribution in [1.29, 1.82) is 0 Å². The highest BCUT2D eigenvalue weighted by Crippen LogP contribution is 2.18. The molecule has 2 heterocycles. The zero-order valence-corrected chi connectivity index (χ0v) is 13.9. The van der Waals surface area contributed by atoms with Crippen LogP contribution >= 0.6 is 0 Å². The van der Waals surface area contributed by atoms with Gasteiger partial charge < -0.3 is 4.74 Å². The lowest BCUT2D eigenvalue weighted by atomic mass is 10.4. The van der Waals surface area contributed by atoms with Crippen LogP contribution in [-0.2, 0) is 0 Å². The van der Waals surface area contributed by atoms with E-state index < -0.39 is 0 Å². The zero-order valence-electron chi connectivity index (χ0n) is 13.9. The normalized spacial score (nSPS) is 8.26. The average molecular weight is 267 g/mol. The lowest BCUT2D eigenvalue weighted by Crippen LogP contribution is -1.98. The molecule has 2 aromatic rings. The van der Waals surface area contributed by atoms with Crippen LogP contribution in [0.5, 0.6) is 5.75 Å². The lowest BCUT2D eigenvalue weighted by molar-refractivity contribution is 0.415. The largest absolute Gasteiger partial charge is 0.493 e. The molecule has 0 bridgehead atoms. The zero-order chi connectivity index (χ0) is 15.4. The molecule has 0 aliphatic rings. The highest BCUT2D eigenvalue weighted by atomic mass is 16.5. The van der Waals surface area contributed by atoms with Crippen molar-refractivity contribution in [3.63, 3.8) is 0 Å².